The second-order valence-electron chi connectivity index (χ2n) is 6.62. The van der Waals surface area contributed by atoms with Gasteiger partial charge in [-0.25, -0.2) is 4.79 Å². The number of nitro groups is 1. The van der Waals surface area contributed by atoms with Gasteiger partial charge >= 0.3 is 5.97 Å². The lowest BCUT2D eigenvalue weighted by molar-refractivity contribution is -0.385. The smallest absolute Gasteiger partial charge is 0.345 e. The largest absolute Gasteiger partial charge is 0.493 e. The number of ketones is 1. The Hall–Kier alpha value is -3.42. The molecule has 0 N–H and O–H groups in total. The number of esters is 1. The van der Waals surface area contributed by atoms with Crippen LogP contribution in [-0.4, -0.2) is 37.5 Å². The number of hydrogen-bond acceptors (Lipinski definition) is 7. The monoisotopic (exact) mass is 401 g/mol. The van der Waals surface area contributed by atoms with E-state index in [0.717, 1.165) is 34.4 Å². The molecule has 0 fully saturated rings. The molecule has 0 radical (unpaired) electrons. The zero-order valence-corrected chi connectivity index (χ0v) is 17.2. The molecular weight excluding hydrogens is 378 g/mol. The van der Waals surface area contributed by atoms with Gasteiger partial charge in [-0.3, -0.25) is 14.9 Å². The van der Waals surface area contributed by atoms with Gasteiger partial charge in [-0.2, -0.15) is 0 Å². The Morgan fingerprint density at radius 3 is 2.07 bits per heavy atom. The maximum atomic E-state index is 12.7. The maximum absolute atomic E-state index is 12.7. The van der Waals surface area contributed by atoms with Crippen LogP contribution in [0.15, 0.2) is 18.2 Å². The van der Waals surface area contributed by atoms with E-state index in [4.69, 9.17) is 14.2 Å². The van der Waals surface area contributed by atoms with Gasteiger partial charge in [0.15, 0.2) is 18.1 Å². The molecule has 0 amide bonds. The highest BCUT2D eigenvalue weighted by Crippen LogP contribution is 2.34. The number of nitrogens with zero attached hydrogens (tertiary/aromatic N) is 1. The number of Topliss-reactive ketones (excluding diaryl/α,β-unsaturated/α-hetero) is 1. The van der Waals surface area contributed by atoms with Crippen molar-refractivity contribution in [2.45, 2.75) is 27.7 Å². The zero-order valence-electron chi connectivity index (χ0n) is 17.2. The van der Waals surface area contributed by atoms with E-state index >= 15 is 0 Å². The molecule has 0 saturated carbocycles. The molecule has 29 heavy (non-hydrogen) atoms. The fourth-order valence-electron chi connectivity index (χ4n) is 3.18. The minimum Gasteiger partial charge on any atom is -0.493 e. The van der Waals surface area contributed by atoms with Gasteiger partial charge < -0.3 is 14.2 Å². The van der Waals surface area contributed by atoms with Crippen molar-refractivity contribution in [2.24, 2.45) is 0 Å². The summed E-state index contributed by atoms with van der Waals surface area (Å²) in [6.45, 7) is 6.99. The fraction of sp³-hybridized carbons (Fsp3) is 0.333. The van der Waals surface area contributed by atoms with Gasteiger partial charge in [-0.05, 0) is 49.9 Å². The summed E-state index contributed by atoms with van der Waals surface area (Å²) in [5, 5.41) is 11.3. The molecule has 0 saturated heterocycles. The van der Waals surface area contributed by atoms with E-state index in [-0.39, 0.29) is 22.8 Å². The van der Waals surface area contributed by atoms with E-state index in [9.17, 15) is 19.7 Å². The first-order valence-electron chi connectivity index (χ1n) is 8.80. The average Bonchev–Trinajstić information content (AvgIpc) is 2.68. The second-order valence-corrected chi connectivity index (χ2v) is 6.62. The predicted octanol–water partition coefficient (Wildman–Crippen LogP) is 3.89. The quantitative estimate of drug-likeness (QED) is 0.300. The first-order valence-corrected chi connectivity index (χ1v) is 8.80. The van der Waals surface area contributed by atoms with Crippen molar-refractivity contribution in [1.29, 1.82) is 0 Å². The number of hydrogen-bond donors (Lipinski definition) is 0. The number of methoxy groups -OCH3 is 2. The second kappa shape index (κ2) is 8.72. The van der Waals surface area contributed by atoms with E-state index < -0.39 is 23.2 Å². The number of carbonyl (C=O) groups excluding carboxylic acids is 2. The van der Waals surface area contributed by atoms with Crippen molar-refractivity contribution in [2.75, 3.05) is 20.8 Å². The van der Waals surface area contributed by atoms with Gasteiger partial charge in [0, 0.05) is 11.6 Å². The van der Waals surface area contributed by atoms with Crippen LogP contribution in [0.25, 0.3) is 0 Å². The van der Waals surface area contributed by atoms with Gasteiger partial charge in [0.05, 0.1) is 25.2 Å². The van der Waals surface area contributed by atoms with Crippen LogP contribution in [0.3, 0.4) is 0 Å². The van der Waals surface area contributed by atoms with E-state index in [2.05, 4.69) is 0 Å². The number of rotatable bonds is 7. The van der Waals surface area contributed by atoms with Crippen molar-refractivity contribution in [1.82, 2.24) is 0 Å². The Labute approximate surface area is 168 Å². The number of aryl methyl sites for hydroxylation is 2. The maximum Gasteiger partial charge on any atom is 0.345 e. The molecule has 0 heterocycles. The van der Waals surface area contributed by atoms with E-state index in [0.29, 0.717) is 5.56 Å². The molecule has 154 valence electrons. The van der Waals surface area contributed by atoms with Crippen LogP contribution in [0.4, 0.5) is 5.69 Å². The number of nitro benzene ring substituents is 1. The van der Waals surface area contributed by atoms with Crippen molar-refractivity contribution in [3.8, 4) is 11.5 Å². The summed E-state index contributed by atoms with van der Waals surface area (Å²) in [4.78, 5) is 35.8. The highest BCUT2D eigenvalue weighted by atomic mass is 16.6. The van der Waals surface area contributed by atoms with Crippen LogP contribution in [0.2, 0.25) is 0 Å². The van der Waals surface area contributed by atoms with Gasteiger partial charge in [0.25, 0.3) is 5.69 Å². The highest BCUT2D eigenvalue weighted by molar-refractivity contribution is 6.02. The van der Waals surface area contributed by atoms with E-state index in [1.165, 1.54) is 14.2 Å². The standard InChI is InChI=1S/C21H23NO7/c1-11-7-12(2)20(14(4)13(11)3)17(23)10-29-21(24)15-8-18(27-5)19(28-6)9-16(15)22(25)26/h7-9H,10H2,1-6H3. The first kappa shape index (κ1) is 21.9. The molecule has 2 aromatic rings. The number of ether oxygens (including phenoxy) is 3. The lowest BCUT2D eigenvalue weighted by Gasteiger charge is -2.14. The molecule has 8 nitrogen and oxygen atoms in total. The Bertz CT molecular complexity index is 995. The van der Waals surface area contributed by atoms with Crippen LogP contribution in [0.5, 0.6) is 11.5 Å². The summed E-state index contributed by atoms with van der Waals surface area (Å²) >= 11 is 0. The predicted molar refractivity (Wildman–Crippen MR) is 106 cm³/mol. The third kappa shape index (κ3) is 4.37. The summed E-state index contributed by atoms with van der Waals surface area (Å²) in [7, 11) is 2.67. The summed E-state index contributed by atoms with van der Waals surface area (Å²) in [5.41, 5.74) is 3.31. The molecule has 0 bridgehead atoms. The molecule has 0 atom stereocenters. The molecule has 8 heteroatoms. The number of benzene rings is 2. The summed E-state index contributed by atoms with van der Waals surface area (Å²) in [6, 6.07) is 4.14. The van der Waals surface area contributed by atoms with Crippen molar-refractivity contribution in [3.05, 3.63) is 61.7 Å². The Morgan fingerprint density at radius 2 is 1.52 bits per heavy atom. The van der Waals surface area contributed by atoms with E-state index in [1.54, 1.807) is 0 Å². The van der Waals surface area contributed by atoms with Gasteiger partial charge in [0.2, 0.25) is 5.78 Å². The van der Waals surface area contributed by atoms with Crippen molar-refractivity contribution >= 4 is 17.4 Å². The van der Waals surface area contributed by atoms with Crippen molar-refractivity contribution in [3.63, 3.8) is 0 Å². The van der Waals surface area contributed by atoms with E-state index in [1.807, 2.05) is 33.8 Å². The zero-order chi connectivity index (χ0) is 21.9. The molecule has 0 unspecified atom stereocenters. The number of carbonyl (C=O) groups is 2. The lowest BCUT2D eigenvalue weighted by atomic mass is 9.92. The van der Waals surface area contributed by atoms with Crippen LogP contribution in [0, 0.1) is 37.8 Å². The molecule has 2 aromatic carbocycles. The summed E-state index contributed by atoms with van der Waals surface area (Å²) < 4.78 is 15.2. The minimum absolute atomic E-state index is 0.105. The average molecular weight is 401 g/mol. The van der Waals surface area contributed by atoms with Crippen molar-refractivity contribution < 1.29 is 28.7 Å². The van der Waals surface area contributed by atoms with Crippen LogP contribution >= 0.6 is 0 Å². The molecule has 0 aliphatic rings. The first-order chi connectivity index (χ1) is 13.6. The Morgan fingerprint density at radius 1 is 0.931 bits per heavy atom. The molecule has 0 aliphatic carbocycles. The lowest BCUT2D eigenvalue weighted by Crippen LogP contribution is -2.18. The molecule has 0 spiro atoms. The Balaban J connectivity index is 2.31. The molecule has 0 aromatic heterocycles. The normalized spacial score (nSPS) is 10.4. The SMILES string of the molecule is COc1cc(C(=O)OCC(=O)c2c(C)cc(C)c(C)c2C)c([N+](=O)[O-])cc1OC. The third-order valence-electron chi connectivity index (χ3n) is 4.89. The van der Waals surface area contributed by atoms with Gasteiger partial charge in [-0.1, -0.05) is 6.07 Å². The Kier molecular flexibility index (Phi) is 6.58. The third-order valence-corrected chi connectivity index (χ3v) is 4.89. The van der Waals surface area contributed by atoms with Crippen LogP contribution < -0.4 is 9.47 Å². The van der Waals surface area contributed by atoms with Crippen LogP contribution in [0.1, 0.15) is 43.0 Å². The van der Waals surface area contributed by atoms with Gasteiger partial charge in [-0.15, -0.1) is 0 Å². The topological polar surface area (TPSA) is 105 Å². The van der Waals surface area contributed by atoms with Crippen LogP contribution in [-0.2, 0) is 4.74 Å². The van der Waals surface area contributed by atoms with Gasteiger partial charge in [0.1, 0.15) is 5.56 Å². The minimum atomic E-state index is -0.995. The highest BCUT2D eigenvalue weighted by Gasteiger charge is 2.27. The molecule has 0 aliphatic heterocycles. The fourth-order valence-corrected chi connectivity index (χ4v) is 3.18. The summed E-state index contributed by atoms with van der Waals surface area (Å²) in [6.07, 6.45) is 0. The molecule has 2 rings (SSSR count). The summed E-state index contributed by atoms with van der Waals surface area (Å²) in [5.74, 6) is -1.13. The molecular formula is C21H23NO7.